The van der Waals surface area contributed by atoms with E-state index in [1.54, 1.807) is 0 Å². The number of hydrogen-bond donors (Lipinski definition) is 0. The number of allylic oxidation sites excluding steroid dienone is 8. The Hall–Kier alpha value is -2.63. The molecule has 0 N–H and O–H groups in total. The molecular weight excluding hydrogens is 949 g/mol. The molecule has 0 radical (unpaired) electrons. The van der Waals surface area contributed by atoms with Gasteiger partial charge in [0.1, 0.15) is 13.2 Å². The van der Waals surface area contributed by atoms with Crippen LogP contribution in [0.25, 0.3) is 0 Å². The summed E-state index contributed by atoms with van der Waals surface area (Å²) in [5.41, 5.74) is 0. The van der Waals surface area contributed by atoms with Crippen LogP contribution in [-0.2, 0) is 28.6 Å². The fraction of sp³-hybridized carbons (Fsp3) is 0.845. The first-order valence-corrected chi connectivity index (χ1v) is 34.1. The largest absolute Gasteiger partial charge is 0.462 e. The molecule has 0 aliphatic heterocycles. The molecule has 1 atom stereocenters. The van der Waals surface area contributed by atoms with Crippen LogP contribution in [0.3, 0.4) is 0 Å². The number of carbonyl (C=O) groups excluding carboxylic acids is 3. The summed E-state index contributed by atoms with van der Waals surface area (Å²) in [6, 6.07) is 0. The van der Waals surface area contributed by atoms with Crippen molar-refractivity contribution < 1.29 is 28.6 Å². The number of esters is 3. The van der Waals surface area contributed by atoms with E-state index >= 15 is 0 Å². The van der Waals surface area contributed by atoms with Crippen LogP contribution in [0, 0.1) is 0 Å². The molecule has 0 bridgehead atoms. The molecule has 450 valence electrons. The molecule has 0 heterocycles. The maximum atomic E-state index is 12.8. The van der Waals surface area contributed by atoms with Gasteiger partial charge in [0.2, 0.25) is 0 Å². The van der Waals surface area contributed by atoms with E-state index in [4.69, 9.17) is 14.2 Å². The van der Waals surface area contributed by atoms with E-state index in [1.165, 1.54) is 250 Å². The van der Waals surface area contributed by atoms with Gasteiger partial charge in [0.05, 0.1) is 0 Å². The van der Waals surface area contributed by atoms with Gasteiger partial charge in [-0.2, -0.15) is 0 Å². The molecule has 0 spiro atoms. The van der Waals surface area contributed by atoms with Crippen LogP contribution in [0.15, 0.2) is 48.6 Å². The van der Waals surface area contributed by atoms with Crippen LogP contribution in [-0.4, -0.2) is 37.2 Å². The van der Waals surface area contributed by atoms with Gasteiger partial charge in [-0.1, -0.05) is 313 Å². The zero-order valence-corrected chi connectivity index (χ0v) is 51.7. The summed E-state index contributed by atoms with van der Waals surface area (Å²) in [4.78, 5) is 38.0. The van der Waals surface area contributed by atoms with E-state index in [-0.39, 0.29) is 31.1 Å². The first-order chi connectivity index (χ1) is 38.0. The highest BCUT2D eigenvalue weighted by atomic mass is 16.6. The van der Waals surface area contributed by atoms with Crippen molar-refractivity contribution in [2.24, 2.45) is 0 Å². The van der Waals surface area contributed by atoms with Gasteiger partial charge < -0.3 is 14.2 Å². The standard InChI is InChI=1S/C71H130O6/c1-4-7-10-13-15-17-19-21-23-25-27-29-31-33-34-35-36-38-39-41-43-45-47-49-51-53-55-58-61-64-70(73)76-67-68(66-75-69(72)63-60-57-12-9-6-3)77-71(74)65-62-59-56-54-52-50-48-46-44-42-40-37-32-30-28-26-24-22-20-18-16-14-11-8-5-2/h19,21,25-28,31,33,68H,4-18,20,22-24,29-30,32,34-67H2,1-3H3/b21-19-,27-25-,28-26-,33-31-. The summed E-state index contributed by atoms with van der Waals surface area (Å²) >= 11 is 0. The Bertz CT molecular complexity index is 1330. The summed E-state index contributed by atoms with van der Waals surface area (Å²) in [6.07, 6.45) is 83.3. The molecule has 0 aromatic rings. The highest BCUT2D eigenvalue weighted by Gasteiger charge is 2.19. The highest BCUT2D eigenvalue weighted by molar-refractivity contribution is 5.71. The molecular formula is C71H130O6. The van der Waals surface area contributed by atoms with E-state index in [1.807, 2.05) is 0 Å². The summed E-state index contributed by atoms with van der Waals surface area (Å²) in [5.74, 6) is -0.865. The van der Waals surface area contributed by atoms with Gasteiger partial charge >= 0.3 is 17.9 Å². The van der Waals surface area contributed by atoms with Crippen molar-refractivity contribution in [1.29, 1.82) is 0 Å². The van der Waals surface area contributed by atoms with Gasteiger partial charge in [0.15, 0.2) is 6.10 Å². The second kappa shape index (κ2) is 65.9. The van der Waals surface area contributed by atoms with Crippen LogP contribution in [0.4, 0.5) is 0 Å². The normalized spacial score (nSPS) is 12.3. The average molecular weight is 1080 g/mol. The van der Waals surface area contributed by atoms with Crippen molar-refractivity contribution in [3.63, 3.8) is 0 Å². The molecule has 6 nitrogen and oxygen atoms in total. The monoisotopic (exact) mass is 1080 g/mol. The second-order valence-corrected chi connectivity index (χ2v) is 23.1. The molecule has 0 aliphatic rings. The summed E-state index contributed by atoms with van der Waals surface area (Å²) in [7, 11) is 0. The van der Waals surface area contributed by atoms with Crippen molar-refractivity contribution >= 4 is 17.9 Å². The van der Waals surface area contributed by atoms with Gasteiger partial charge in [0.25, 0.3) is 0 Å². The minimum absolute atomic E-state index is 0.0701. The molecule has 0 rings (SSSR count). The lowest BCUT2D eigenvalue weighted by molar-refractivity contribution is -0.167. The van der Waals surface area contributed by atoms with E-state index < -0.39 is 6.10 Å². The third-order valence-electron chi connectivity index (χ3n) is 15.3. The van der Waals surface area contributed by atoms with E-state index in [0.29, 0.717) is 19.3 Å². The fourth-order valence-electron chi connectivity index (χ4n) is 10.2. The van der Waals surface area contributed by atoms with Gasteiger partial charge in [-0.3, -0.25) is 14.4 Å². The first kappa shape index (κ1) is 74.4. The molecule has 0 saturated carbocycles. The molecule has 0 aromatic carbocycles. The van der Waals surface area contributed by atoms with E-state index in [2.05, 4.69) is 69.4 Å². The number of ether oxygens (including phenoxy) is 3. The van der Waals surface area contributed by atoms with Gasteiger partial charge in [0, 0.05) is 19.3 Å². The summed E-state index contributed by atoms with van der Waals surface area (Å²) < 4.78 is 16.8. The maximum absolute atomic E-state index is 12.8. The third-order valence-corrected chi connectivity index (χ3v) is 15.3. The van der Waals surface area contributed by atoms with E-state index in [0.717, 1.165) is 77.0 Å². The summed E-state index contributed by atoms with van der Waals surface area (Å²) in [5, 5.41) is 0. The lowest BCUT2D eigenvalue weighted by Gasteiger charge is -2.18. The highest BCUT2D eigenvalue weighted by Crippen LogP contribution is 2.18. The number of carbonyl (C=O) groups is 3. The fourth-order valence-corrected chi connectivity index (χ4v) is 10.2. The lowest BCUT2D eigenvalue weighted by Crippen LogP contribution is -2.30. The number of rotatable bonds is 63. The maximum Gasteiger partial charge on any atom is 0.306 e. The summed E-state index contributed by atoms with van der Waals surface area (Å²) in [6.45, 7) is 6.60. The van der Waals surface area contributed by atoms with Crippen LogP contribution in [0.1, 0.15) is 367 Å². The topological polar surface area (TPSA) is 78.9 Å². The first-order valence-electron chi connectivity index (χ1n) is 34.1. The van der Waals surface area contributed by atoms with Gasteiger partial charge in [-0.05, 0) is 83.5 Å². The Morgan fingerprint density at radius 1 is 0.260 bits per heavy atom. The van der Waals surface area contributed by atoms with Crippen molar-refractivity contribution in [2.45, 2.75) is 374 Å². The molecule has 0 amide bonds. The van der Waals surface area contributed by atoms with Crippen LogP contribution in [0.2, 0.25) is 0 Å². The molecule has 0 aliphatic carbocycles. The predicted octanol–water partition coefficient (Wildman–Crippen LogP) is 23.3. The van der Waals surface area contributed by atoms with Gasteiger partial charge in [-0.25, -0.2) is 0 Å². The number of hydrogen-bond acceptors (Lipinski definition) is 6. The van der Waals surface area contributed by atoms with Crippen LogP contribution >= 0.6 is 0 Å². The van der Waals surface area contributed by atoms with Crippen LogP contribution < -0.4 is 0 Å². The molecule has 0 fully saturated rings. The zero-order chi connectivity index (χ0) is 55.7. The molecule has 0 aromatic heterocycles. The predicted molar refractivity (Wildman–Crippen MR) is 335 cm³/mol. The van der Waals surface area contributed by atoms with Gasteiger partial charge in [-0.15, -0.1) is 0 Å². The molecule has 77 heavy (non-hydrogen) atoms. The van der Waals surface area contributed by atoms with Crippen molar-refractivity contribution in [3.05, 3.63) is 48.6 Å². The average Bonchev–Trinajstić information content (AvgIpc) is 3.43. The van der Waals surface area contributed by atoms with Crippen LogP contribution in [0.5, 0.6) is 0 Å². The Morgan fingerprint density at radius 2 is 0.468 bits per heavy atom. The zero-order valence-electron chi connectivity index (χ0n) is 51.7. The Kier molecular flexibility index (Phi) is 63.6. The third kappa shape index (κ3) is 64.1. The molecule has 1 unspecified atom stereocenters. The minimum atomic E-state index is -0.769. The van der Waals surface area contributed by atoms with Crippen molar-refractivity contribution in [2.75, 3.05) is 13.2 Å². The molecule has 6 heteroatoms. The lowest BCUT2D eigenvalue weighted by atomic mass is 10.0. The minimum Gasteiger partial charge on any atom is -0.462 e. The molecule has 0 saturated heterocycles. The Balaban J connectivity index is 3.97. The van der Waals surface area contributed by atoms with Crippen molar-refractivity contribution in [1.82, 2.24) is 0 Å². The quantitative estimate of drug-likeness (QED) is 0.0261. The second-order valence-electron chi connectivity index (χ2n) is 23.1. The Morgan fingerprint density at radius 3 is 0.740 bits per heavy atom. The SMILES string of the molecule is CCCCCCC/C=C\C/C=C\C/C=C\CCCCCCCCCCCCCCCCC(=O)OCC(COC(=O)CCCCCCC)OC(=O)CCCCCCCCCCCCCCC/C=C\CCCCCCCCCC. The van der Waals surface area contributed by atoms with Crippen molar-refractivity contribution in [3.8, 4) is 0 Å². The smallest absolute Gasteiger partial charge is 0.306 e. The Labute approximate surface area is 479 Å². The van der Waals surface area contributed by atoms with E-state index in [9.17, 15) is 14.4 Å². The number of unbranched alkanes of at least 4 members (excludes halogenated alkanes) is 44.